The second kappa shape index (κ2) is 14.1. The van der Waals surface area contributed by atoms with Crippen molar-refractivity contribution in [2.75, 3.05) is 33.5 Å². The number of hydrogen-bond acceptors (Lipinski definition) is 6. The fourth-order valence-corrected chi connectivity index (χ4v) is 4.28. The van der Waals surface area contributed by atoms with E-state index in [4.69, 9.17) is 16.3 Å². The van der Waals surface area contributed by atoms with Gasteiger partial charge in [-0.25, -0.2) is 9.18 Å². The number of ether oxygens (including phenoxy) is 1. The van der Waals surface area contributed by atoms with Crippen molar-refractivity contribution in [2.24, 2.45) is 5.92 Å². The number of aromatic nitrogens is 3. The number of pyridine rings is 2. The van der Waals surface area contributed by atoms with Crippen LogP contribution in [0, 0.1) is 11.7 Å². The van der Waals surface area contributed by atoms with E-state index < -0.39 is 29.5 Å². The molecule has 3 aromatic heterocycles. The van der Waals surface area contributed by atoms with Crippen molar-refractivity contribution in [1.29, 1.82) is 0 Å². The molecule has 1 atom stereocenters. The molecule has 0 radical (unpaired) electrons. The van der Waals surface area contributed by atoms with Crippen LogP contribution in [0.1, 0.15) is 37.9 Å². The Morgan fingerprint density at radius 1 is 1.19 bits per heavy atom. The summed E-state index contributed by atoms with van der Waals surface area (Å²) in [5, 5.41) is 2.66. The Balaban J connectivity index is 1.84. The fraction of sp³-hybridized carbons (Fsp3) is 0.414. The van der Waals surface area contributed by atoms with Crippen molar-refractivity contribution in [3.05, 3.63) is 69.1 Å². The predicted molar refractivity (Wildman–Crippen MR) is 159 cm³/mol. The van der Waals surface area contributed by atoms with Crippen LogP contribution in [0.2, 0.25) is 5.15 Å². The molecule has 0 aliphatic rings. The van der Waals surface area contributed by atoms with Gasteiger partial charge in [0.1, 0.15) is 16.7 Å². The number of allylic oxidation sites excluding steroid dienone is 1. The van der Waals surface area contributed by atoms with Crippen LogP contribution >= 0.6 is 11.6 Å². The van der Waals surface area contributed by atoms with Crippen LogP contribution < -0.4 is 10.9 Å². The summed E-state index contributed by atoms with van der Waals surface area (Å²) in [6.07, 6.45) is 2.99. The third kappa shape index (κ3) is 8.19. The summed E-state index contributed by atoms with van der Waals surface area (Å²) in [6, 6.07) is 4.54. The molecule has 0 saturated carbocycles. The molecule has 3 rings (SSSR count). The molecule has 0 unspecified atom stereocenters. The van der Waals surface area contributed by atoms with Crippen molar-refractivity contribution in [2.45, 2.75) is 45.8 Å². The molecular formula is C29H36ClFN6O5. The maximum absolute atomic E-state index is 14.5. The molecule has 0 aliphatic heterocycles. The second-order valence-corrected chi connectivity index (χ2v) is 11.1. The molecule has 2 N–H and O–H groups in total. The van der Waals surface area contributed by atoms with E-state index in [2.05, 4.69) is 15.3 Å². The zero-order valence-electron chi connectivity index (χ0n) is 24.5. The molecule has 0 fully saturated rings. The van der Waals surface area contributed by atoms with Gasteiger partial charge in [0.15, 0.2) is 6.10 Å². The largest absolute Gasteiger partial charge is 0.436 e. The van der Waals surface area contributed by atoms with Crippen LogP contribution in [0.4, 0.5) is 14.9 Å². The number of carbonyl (C=O) groups is 3. The standard InChI is InChI=1S/C29H36ClFN6O5/c1-17(2)13-19-20(31)15-32-22-14-18(33-26(19)22)16-37-24(30)12-11-21(28(37)40)34-27(39)23(42-29(41)36(5)6)9-7-8-10-25(38)35(3)4/h8,10-12,14-15,17,23,33H,7,9,13,16H2,1-6H3,(H,34,39)/b10-8+/t23-/m0/s1. The lowest BCUT2D eigenvalue weighted by molar-refractivity contribution is -0.125. The number of carbonyl (C=O) groups excluding carboxylic acids is 3. The van der Waals surface area contributed by atoms with Crippen LogP contribution in [-0.2, 0) is 27.3 Å². The first kappa shape index (κ1) is 32.3. The third-order valence-electron chi connectivity index (χ3n) is 6.28. The lowest BCUT2D eigenvalue weighted by Crippen LogP contribution is -2.37. The van der Waals surface area contributed by atoms with E-state index in [9.17, 15) is 23.6 Å². The molecule has 13 heteroatoms. The van der Waals surface area contributed by atoms with E-state index in [1.165, 1.54) is 52.9 Å². The van der Waals surface area contributed by atoms with Crippen LogP contribution in [-0.4, -0.2) is 76.5 Å². The zero-order valence-corrected chi connectivity index (χ0v) is 25.3. The van der Waals surface area contributed by atoms with E-state index in [0.29, 0.717) is 28.7 Å². The highest BCUT2D eigenvalue weighted by atomic mass is 35.5. The molecule has 0 spiro atoms. The van der Waals surface area contributed by atoms with E-state index in [1.54, 1.807) is 26.2 Å². The van der Waals surface area contributed by atoms with Gasteiger partial charge in [-0.15, -0.1) is 0 Å². The third-order valence-corrected chi connectivity index (χ3v) is 6.61. The Labute approximate surface area is 248 Å². The summed E-state index contributed by atoms with van der Waals surface area (Å²) in [5.74, 6) is -1.14. The van der Waals surface area contributed by atoms with Gasteiger partial charge in [0.05, 0.1) is 23.8 Å². The molecule has 0 bridgehead atoms. The van der Waals surface area contributed by atoms with Crippen molar-refractivity contribution in [3.63, 3.8) is 0 Å². The highest BCUT2D eigenvalue weighted by Gasteiger charge is 2.25. The number of rotatable bonds is 11. The van der Waals surface area contributed by atoms with Crippen molar-refractivity contribution >= 4 is 46.2 Å². The molecule has 226 valence electrons. The number of nitrogens with zero attached hydrogens (tertiary/aromatic N) is 4. The molecule has 3 heterocycles. The summed E-state index contributed by atoms with van der Waals surface area (Å²) in [6.45, 7) is 3.98. The van der Waals surface area contributed by atoms with Crippen LogP contribution in [0.5, 0.6) is 0 Å². The van der Waals surface area contributed by atoms with E-state index in [0.717, 1.165) is 0 Å². The second-order valence-electron chi connectivity index (χ2n) is 10.7. The number of H-pyrrole nitrogens is 1. The van der Waals surface area contributed by atoms with E-state index >= 15 is 0 Å². The SMILES string of the molecule is CC(C)Cc1c(F)cnc2cc(Cn3c(Cl)ccc(NC(=O)[C@H](CC/C=C/C(=O)N(C)C)OC(=O)N(C)C)c3=O)[nH]c12. The number of aromatic amines is 1. The van der Waals surface area contributed by atoms with Gasteiger partial charge < -0.3 is 24.8 Å². The zero-order chi connectivity index (χ0) is 31.1. The predicted octanol–water partition coefficient (Wildman–Crippen LogP) is 4.19. The summed E-state index contributed by atoms with van der Waals surface area (Å²) in [5.41, 5.74) is 1.53. The van der Waals surface area contributed by atoms with Crippen LogP contribution in [0.3, 0.4) is 0 Å². The minimum absolute atomic E-state index is 0.00418. The quantitative estimate of drug-likeness (QED) is 0.250. The normalized spacial score (nSPS) is 12.1. The minimum Gasteiger partial charge on any atom is -0.436 e. The monoisotopic (exact) mass is 602 g/mol. The topological polar surface area (TPSA) is 130 Å². The van der Waals surface area contributed by atoms with E-state index in [1.807, 2.05) is 13.8 Å². The molecular weight excluding hydrogens is 567 g/mol. The fourth-order valence-electron chi connectivity index (χ4n) is 4.08. The van der Waals surface area contributed by atoms with Gasteiger partial charge in [0, 0.05) is 39.4 Å². The minimum atomic E-state index is -1.24. The molecule has 0 saturated heterocycles. The Bertz CT molecular complexity index is 1550. The number of fused-ring (bicyclic) bond motifs is 1. The van der Waals surface area contributed by atoms with Crippen LogP contribution in [0.25, 0.3) is 11.0 Å². The van der Waals surface area contributed by atoms with Gasteiger partial charge in [-0.3, -0.25) is 23.9 Å². The van der Waals surface area contributed by atoms with Gasteiger partial charge in [-0.05, 0) is 49.5 Å². The number of hydrogen-bond donors (Lipinski definition) is 2. The number of halogens is 2. The summed E-state index contributed by atoms with van der Waals surface area (Å²) >= 11 is 6.36. The lowest BCUT2D eigenvalue weighted by Gasteiger charge is -2.20. The van der Waals surface area contributed by atoms with Gasteiger partial charge in [-0.1, -0.05) is 31.5 Å². The van der Waals surface area contributed by atoms with Gasteiger partial charge >= 0.3 is 6.09 Å². The summed E-state index contributed by atoms with van der Waals surface area (Å²) < 4.78 is 21.1. The highest BCUT2D eigenvalue weighted by Crippen LogP contribution is 2.24. The summed E-state index contributed by atoms with van der Waals surface area (Å²) in [4.78, 5) is 60.4. The molecule has 3 aromatic rings. The average Bonchev–Trinajstić information content (AvgIpc) is 3.34. The molecule has 3 amide bonds. The number of anilines is 1. The van der Waals surface area contributed by atoms with Gasteiger partial charge in [0.2, 0.25) is 5.91 Å². The Morgan fingerprint density at radius 2 is 1.90 bits per heavy atom. The van der Waals surface area contributed by atoms with Crippen LogP contribution in [0.15, 0.2) is 41.3 Å². The lowest BCUT2D eigenvalue weighted by atomic mass is 10.0. The number of nitrogens with one attached hydrogen (secondary N) is 2. The van der Waals surface area contributed by atoms with Gasteiger partial charge in [-0.2, -0.15) is 0 Å². The Kier molecular flexibility index (Phi) is 10.9. The molecule has 11 nitrogen and oxygen atoms in total. The van der Waals surface area contributed by atoms with E-state index in [-0.39, 0.29) is 42.1 Å². The highest BCUT2D eigenvalue weighted by molar-refractivity contribution is 6.29. The number of likely N-dealkylation sites (N-methyl/N-ethyl adjacent to an activating group) is 1. The molecule has 42 heavy (non-hydrogen) atoms. The first-order chi connectivity index (χ1) is 19.8. The Hall–Kier alpha value is -4.19. The average molecular weight is 603 g/mol. The number of amides is 3. The smallest absolute Gasteiger partial charge is 0.410 e. The first-order valence-electron chi connectivity index (χ1n) is 13.4. The molecule has 0 aliphatic carbocycles. The van der Waals surface area contributed by atoms with Crippen molar-refractivity contribution < 1.29 is 23.5 Å². The first-order valence-corrected chi connectivity index (χ1v) is 13.8. The maximum atomic E-state index is 14.5. The molecule has 0 aromatic carbocycles. The maximum Gasteiger partial charge on any atom is 0.410 e. The summed E-state index contributed by atoms with van der Waals surface area (Å²) in [7, 11) is 6.17. The Morgan fingerprint density at radius 3 is 2.55 bits per heavy atom. The van der Waals surface area contributed by atoms with Gasteiger partial charge in [0.25, 0.3) is 11.5 Å². The van der Waals surface area contributed by atoms with Crippen molar-refractivity contribution in [3.8, 4) is 0 Å². The van der Waals surface area contributed by atoms with Crippen molar-refractivity contribution in [1.82, 2.24) is 24.3 Å².